The molecule has 3 heteroatoms. The molecular formula is C12H14N2O. The lowest BCUT2D eigenvalue weighted by atomic mass is 9.94. The number of allylic oxidation sites excluding steroid dienone is 1. The van der Waals surface area contributed by atoms with Crippen LogP contribution in [0.5, 0.6) is 0 Å². The van der Waals surface area contributed by atoms with Gasteiger partial charge in [-0.15, -0.1) is 0 Å². The summed E-state index contributed by atoms with van der Waals surface area (Å²) in [5.41, 5.74) is 0.895. The number of hydrogen-bond acceptors (Lipinski definition) is 3. The van der Waals surface area contributed by atoms with Crippen molar-refractivity contribution >= 4 is 11.6 Å². The van der Waals surface area contributed by atoms with E-state index in [1.807, 2.05) is 18.2 Å². The first-order valence-electron chi connectivity index (χ1n) is 5.26. The van der Waals surface area contributed by atoms with Crippen molar-refractivity contribution in [3.8, 4) is 0 Å². The average molecular weight is 202 g/mol. The zero-order chi connectivity index (χ0) is 10.5. The Bertz CT molecular complexity index is 370. The van der Waals surface area contributed by atoms with Gasteiger partial charge in [-0.3, -0.25) is 4.79 Å². The minimum atomic E-state index is 0.268. The molecule has 3 nitrogen and oxygen atoms in total. The van der Waals surface area contributed by atoms with Gasteiger partial charge < -0.3 is 5.32 Å². The molecule has 1 aromatic heterocycles. The largest absolute Gasteiger partial charge is 0.346 e. The van der Waals surface area contributed by atoms with Crippen LogP contribution in [0.2, 0.25) is 0 Å². The van der Waals surface area contributed by atoms with Crippen LogP contribution in [0.25, 0.3) is 0 Å². The van der Waals surface area contributed by atoms with Gasteiger partial charge in [0.15, 0.2) is 5.78 Å². The quantitative estimate of drug-likeness (QED) is 0.749. The lowest BCUT2D eigenvalue weighted by Crippen LogP contribution is -2.10. The molecule has 0 aliphatic heterocycles. The Kier molecular flexibility index (Phi) is 3.12. The van der Waals surface area contributed by atoms with E-state index in [4.69, 9.17) is 0 Å². The Balaban J connectivity index is 2.01. The minimum absolute atomic E-state index is 0.268. The molecule has 2 rings (SSSR count). The predicted molar refractivity (Wildman–Crippen MR) is 59.4 cm³/mol. The number of Topliss-reactive ketones (excluding diaryl/α,β-unsaturated/α-hetero) is 1. The molecule has 1 fully saturated rings. The standard InChI is InChI=1S/C12H14N2O/c15-11-6-2-1-5-10(11)9-14-12-7-3-4-8-13-12/h3-4,7-9H,1-2,5-6H2,(H,13,14)/b10-9+. The molecule has 1 saturated carbocycles. The Labute approximate surface area is 89.2 Å². The van der Waals surface area contributed by atoms with Crippen molar-refractivity contribution in [2.75, 3.05) is 5.32 Å². The topological polar surface area (TPSA) is 42.0 Å². The van der Waals surface area contributed by atoms with E-state index in [1.54, 1.807) is 12.4 Å². The number of carbonyl (C=O) groups is 1. The normalized spacial score (nSPS) is 19.2. The van der Waals surface area contributed by atoms with Crippen LogP contribution in [0.4, 0.5) is 5.82 Å². The van der Waals surface area contributed by atoms with Crippen molar-refractivity contribution in [1.29, 1.82) is 0 Å². The average Bonchev–Trinajstić information content (AvgIpc) is 2.29. The Morgan fingerprint density at radius 2 is 2.13 bits per heavy atom. The van der Waals surface area contributed by atoms with Crippen LogP contribution in [0.15, 0.2) is 36.2 Å². The van der Waals surface area contributed by atoms with Crippen LogP contribution >= 0.6 is 0 Å². The third-order valence-corrected chi connectivity index (χ3v) is 2.52. The van der Waals surface area contributed by atoms with Gasteiger partial charge in [0, 0.05) is 24.4 Å². The summed E-state index contributed by atoms with van der Waals surface area (Å²) in [7, 11) is 0. The molecule has 0 saturated heterocycles. The van der Waals surface area contributed by atoms with Crippen LogP contribution in [-0.2, 0) is 4.79 Å². The van der Waals surface area contributed by atoms with E-state index in [2.05, 4.69) is 10.3 Å². The number of nitrogens with one attached hydrogen (secondary N) is 1. The van der Waals surface area contributed by atoms with E-state index < -0.39 is 0 Å². The molecular weight excluding hydrogens is 188 g/mol. The molecule has 1 aromatic rings. The van der Waals surface area contributed by atoms with Gasteiger partial charge in [-0.05, 0) is 31.4 Å². The molecule has 1 heterocycles. The molecule has 0 bridgehead atoms. The summed E-state index contributed by atoms with van der Waals surface area (Å²) in [6.07, 6.45) is 7.24. The first-order valence-corrected chi connectivity index (χ1v) is 5.26. The minimum Gasteiger partial charge on any atom is -0.346 e. The van der Waals surface area contributed by atoms with Crippen molar-refractivity contribution < 1.29 is 4.79 Å². The second-order valence-electron chi connectivity index (χ2n) is 3.66. The molecule has 15 heavy (non-hydrogen) atoms. The lowest BCUT2D eigenvalue weighted by molar-refractivity contribution is -0.116. The van der Waals surface area contributed by atoms with Crippen LogP contribution in [0, 0.1) is 0 Å². The first kappa shape index (κ1) is 9.90. The lowest BCUT2D eigenvalue weighted by Gasteiger charge is -2.12. The Morgan fingerprint density at radius 3 is 2.87 bits per heavy atom. The maximum absolute atomic E-state index is 11.5. The molecule has 0 atom stereocenters. The van der Waals surface area contributed by atoms with Crippen molar-refractivity contribution in [2.45, 2.75) is 25.7 Å². The first-order chi connectivity index (χ1) is 7.36. The summed E-state index contributed by atoms with van der Waals surface area (Å²) >= 11 is 0. The van der Waals surface area contributed by atoms with Crippen LogP contribution in [0.1, 0.15) is 25.7 Å². The van der Waals surface area contributed by atoms with Crippen LogP contribution in [-0.4, -0.2) is 10.8 Å². The Hall–Kier alpha value is -1.64. The molecule has 0 amide bonds. The number of carbonyl (C=O) groups excluding carboxylic acids is 1. The summed E-state index contributed by atoms with van der Waals surface area (Å²) in [6, 6.07) is 5.66. The van der Waals surface area contributed by atoms with Gasteiger partial charge in [-0.2, -0.15) is 0 Å². The summed E-state index contributed by atoms with van der Waals surface area (Å²) in [5, 5.41) is 3.05. The van der Waals surface area contributed by atoms with Gasteiger partial charge in [-0.25, -0.2) is 4.98 Å². The van der Waals surface area contributed by atoms with Gasteiger partial charge in [-0.1, -0.05) is 6.07 Å². The molecule has 1 aliphatic carbocycles. The molecule has 0 radical (unpaired) electrons. The van der Waals surface area contributed by atoms with Crippen LogP contribution < -0.4 is 5.32 Å². The fourth-order valence-electron chi connectivity index (χ4n) is 1.66. The van der Waals surface area contributed by atoms with Gasteiger partial charge in [0.05, 0.1) is 0 Å². The molecule has 0 aromatic carbocycles. The molecule has 1 N–H and O–H groups in total. The highest BCUT2D eigenvalue weighted by Gasteiger charge is 2.14. The number of hydrogen-bond donors (Lipinski definition) is 1. The number of nitrogens with zero attached hydrogens (tertiary/aromatic N) is 1. The monoisotopic (exact) mass is 202 g/mol. The highest BCUT2D eigenvalue weighted by Crippen LogP contribution is 2.19. The predicted octanol–water partition coefficient (Wildman–Crippen LogP) is 2.52. The maximum atomic E-state index is 11.5. The fraction of sp³-hybridized carbons (Fsp3) is 0.333. The number of anilines is 1. The molecule has 0 unspecified atom stereocenters. The van der Waals surface area contributed by atoms with E-state index in [-0.39, 0.29) is 5.78 Å². The number of aromatic nitrogens is 1. The second-order valence-corrected chi connectivity index (χ2v) is 3.66. The fourth-order valence-corrected chi connectivity index (χ4v) is 1.66. The smallest absolute Gasteiger partial charge is 0.160 e. The zero-order valence-electron chi connectivity index (χ0n) is 8.57. The van der Waals surface area contributed by atoms with E-state index >= 15 is 0 Å². The van der Waals surface area contributed by atoms with Crippen LogP contribution in [0.3, 0.4) is 0 Å². The van der Waals surface area contributed by atoms with E-state index in [9.17, 15) is 4.79 Å². The molecule has 1 aliphatic rings. The van der Waals surface area contributed by atoms with E-state index in [1.165, 1.54) is 0 Å². The van der Waals surface area contributed by atoms with E-state index in [0.29, 0.717) is 6.42 Å². The third-order valence-electron chi connectivity index (χ3n) is 2.52. The summed E-state index contributed by atoms with van der Waals surface area (Å²) in [4.78, 5) is 15.6. The van der Waals surface area contributed by atoms with Gasteiger partial charge in [0.2, 0.25) is 0 Å². The number of rotatable bonds is 2. The van der Waals surface area contributed by atoms with Crippen molar-refractivity contribution in [3.63, 3.8) is 0 Å². The summed E-state index contributed by atoms with van der Waals surface area (Å²) in [6.45, 7) is 0. The summed E-state index contributed by atoms with van der Waals surface area (Å²) in [5.74, 6) is 1.05. The van der Waals surface area contributed by atoms with Gasteiger partial charge in [0.1, 0.15) is 5.82 Å². The number of pyridine rings is 1. The highest BCUT2D eigenvalue weighted by molar-refractivity contribution is 5.96. The SMILES string of the molecule is O=C1CCCC/C1=C\Nc1ccccn1. The van der Waals surface area contributed by atoms with Gasteiger partial charge in [0.25, 0.3) is 0 Å². The van der Waals surface area contributed by atoms with E-state index in [0.717, 1.165) is 30.7 Å². The molecule has 0 spiro atoms. The number of ketones is 1. The third kappa shape index (κ3) is 2.65. The molecule has 78 valence electrons. The second kappa shape index (κ2) is 4.73. The van der Waals surface area contributed by atoms with Crippen molar-refractivity contribution in [2.24, 2.45) is 0 Å². The summed E-state index contributed by atoms with van der Waals surface area (Å²) < 4.78 is 0. The maximum Gasteiger partial charge on any atom is 0.160 e. The highest BCUT2D eigenvalue weighted by atomic mass is 16.1. The van der Waals surface area contributed by atoms with Crippen molar-refractivity contribution in [3.05, 3.63) is 36.2 Å². The zero-order valence-corrected chi connectivity index (χ0v) is 8.57. The van der Waals surface area contributed by atoms with Crippen molar-refractivity contribution in [1.82, 2.24) is 4.98 Å². The Morgan fingerprint density at radius 1 is 1.27 bits per heavy atom. The van der Waals surface area contributed by atoms with Gasteiger partial charge >= 0.3 is 0 Å².